The van der Waals surface area contributed by atoms with Gasteiger partial charge in [0.15, 0.2) is 0 Å². The van der Waals surface area contributed by atoms with Gasteiger partial charge >= 0.3 is 0 Å². The predicted molar refractivity (Wildman–Crippen MR) is 136 cm³/mol. The van der Waals surface area contributed by atoms with Crippen LogP contribution in [0.4, 0.5) is 0 Å². The summed E-state index contributed by atoms with van der Waals surface area (Å²) < 4.78 is 0.664. The topological polar surface area (TPSA) is 74.0 Å². The fourth-order valence-electron chi connectivity index (χ4n) is 3.76. The molecular weight excluding hydrogens is 478 g/mol. The Kier molecular flexibility index (Phi) is 7.05. The van der Waals surface area contributed by atoms with Gasteiger partial charge in [0.05, 0.1) is 5.56 Å². The Hall–Kier alpha value is -3.64. The van der Waals surface area contributed by atoms with Gasteiger partial charge in [-0.15, -0.1) is 0 Å². The Labute approximate surface area is 201 Å². The summed E-state index contributed by atoms with van der Waals surface area (Å²) in [6.07, 6.45) is 2.36. The van der Waals surface area contributed by atoms with Crippen LogP contribution in [-0.4, -0.2) is 23.3 Å². The van der Waals surface area contributed by atoms with Gasteiger partial charge in [0.25, 0.3) is 11.8 Å². The third-order valence-corrected chi connectivity index (χ3v) is 6.10. The molecule has 0 saturated heterocycles. The minimum Gasteiger partial charge on any atom is -0.358 e. The van der Waals surface area contributed by atoms with Gasteiger partial charge in [-0.05, 0) is 64.7 Å². The molecule has 0 aliphatic heterocycles. The lowest BCUT2D eigenvalue weighted by atomic mass is 10.1. The van der Waals surface area contributed by atoms with Crippen LogP contribution < -0.4 is 10.6 Å². The Morgan fingerprint density at radius 3 is 2.42 bits per heavy atom. The van der Waals surface area contributed by atoms with Crippen LogP contribution in [0.1, 0.15) is 27.2 Å². The van der Waals surface area contributed by atoms with Gasteiger partial charge in [0.2, 0.25) is 0 Å². The van der Waals surface area contributed by atoms with E-state index in [4.69, 9.17) is 0 Å². The van der Waals surface area contributed by atoms with E-state index in [9.17, 15) is 9.59 Å². The van der Waals surface area contributed by atoms with Crippen LogP contribution in [0.15, 0.2) is 89.0 Å². The number of aryl methyl sites for hydroxylation is 1. The van der Waals surface area contributed by atoms with Gasteiger partial charge in [-0.3, -0.25) is 9.59 Å². The zero-order chi connectivity index (χ0) is 23.2. The highest BCUT2D eigenvalue weighted by Crippen LogP contribution is 2.22. The van der Waals surface area contributed by atoms with Crippen molar-refractivity contribution in [3.05, 3.63) is 111 Å². The highest BCUT2D eigenvalue weighted by atomic mass is 79.9. The zero-order valence-electron chi connectivity index (χ0n) is 18.2. The van der Waals surface area contributed by atoms with Crippen LogP contribution in [0, 0.1) is 6.92 Å². The maximum Gasteiger partial charge on any atom is 0.267 e. The number of carbonyl (C=O) groups is 2. The number of hydrogen-bond donors (Lipinski definition) is 3. The maximum atomic E-state index is 13.1. The fourth-order valence-corrected chi connectivity index (χ4v) is 4.23. The molecule has 1 aromatic heterocycles. The molecule has 5 nitrogen and oxygen atoms in total. The lowest BCUT2D eigenvalue weighted by molar-refractivity contribution is -0.117. The highest BCUT2D eigenvalue weighted by Gasteiger charge is 2.16. The minimum atomic E-state index is -0.354. The Morgan fingerprint density at radius 1 is 0.939 bits per heavy atom. The van der Waals surface area contributed by atoms with E-state index in [1.807, 2.05) is 61.5 Å². The summed E-state index contributed by atoms with van der Waals surface area (Å²) in [5.41, 5.74) is 4.82. The molecule has 4 aromatic rings. The molecule has 166 valence electrons. The normalized spacial score (nSPS) is 11.4. The molecule has 0 unspecified atom stereocenters. The lowest BCUT2D eigenvalue weighted by Gasteiger charge is -2.12. The fraction of sp³-hybridized carbons (Fsp3) is 0.111. The first kappa shape index (κ1) is 22.6. The van der Waals surface area contributed by atoms with Crippen molar-refractivity contribution in [1.82, 2.24) is 15.6 Å². The van der Waals surface area contributed by atoms with Gasteiger partial charge < -0.3 is 15.6 Å². The highest BCUT2D eigenvalue weighted by molar-refractivity contribution is 9.10. The summed E-state index contributed by atoms with van der Waals surface area (Å²) in [6.45, 7) is 2.48. The second-order valence-corrected chi connectivity index (χ2v) is 8.54. The van der Waals surface area contributed by atoms with Crippen molar-refractivity contribution in [1.29, 1.82) is 0 Å². The summed E-state index contributed by atoms with van der Waals surface area (Å²) in [5, 5.41) is 6.90. The van der Waals surface area contributed by atoms with Crippen molar-refractivity contribution >= 4 is 44.7 Å². The maximum absolute atomic E-state index is 13.1. The molecule has 1 heterocycles. The Morgan fingerprint density at radius 2 is 1.64 bits per heavy atom. The number of amides is 2. The van der Waals surface area contributed by atoms with Gasteiger partial charge in [0, 0.05) is 27.6 Å². The van der Waals surface area contributed by atoms with E-state index >= 15 is 0 Å². The molecule has 0 atom stereocenters. The molecule has 0 radical (unpaired) electrons. The molecule has 0 spiro atoms. The third-order valence-electron chi connectivity index (χ3n) is 5.41. The first-order chi connectivity index (χ1) is 16.0. The monoisotopic (exact) mass is 501 g/mol. The molecule has 0 fully saturated rings. The standard InChI is InChI=1S/C27H24BrN3O2/c1-18-20(21-11-6-8-14-24(21)30-18)15-16-29-27(33)25(17-19-9-3-2-4-10-19)31-26(32)22-12-5-7-13-23(22)28/h2-14,17,30H,15-16H2,1H3,(H,29,33)(H,31,32). The predicted octanol–water partition coefficient (Wildman–Crippen LogP) is 5.37. The number of aromatic nitrogens is 1. The first-order valence-corrected chi connectivity index (χ1v) is 11.5. The van der Waals surface area contributed by atoms with E-state index in [-0.39, 0.29) is 17.5 Å². The number of H-pyrrole nitrogens is 1. The molecule has 3 aromatic carbocycles. The molecule has 2 amide bonds. The van der Waals surface area contributed by atoms with E-state index in [0.29, 0.717) is 23.0 Å². The average molecular weight is 502 g/mol. The summed E-state index contributed by atoms with van der Waals surface area (Å²) in [7, 11) is 0. The number of benzene rings is 3. The Balaban J connectivity index is 1.51. The number of carbonyl (C=O) groups excluding carboxylic acids is 2. The van der Waals surface area contributed by atoms with Crippen molar-refractivity contribution in [2.75, 3.05) is 6.54 Å². The van der Waals surface area contributed by atoms with Crippen LogP contribution in [0.3, 0.4) is 0 Å². The van der Waals surface area contributed by atoms with Crippen LogP contribution >= 0.6 is 15.9 Å². The summed E-state index contributed by atoms with van der Waals surface area (Å²) >= 11 is 3.40. The van der Waals surface area contributed by atoms with Crippen LogP contribution in [-0.2, 0) is 11.2 Å². The van der Waals surface area contributed by atoms with Gasteiger partial charge in [-0.2, -0.15) is 0 Å². The number of halogens is 1. The van der Waals surface area contributed by atoms with Crippen LogP contribution in [0.2, 0.25) is 0 Å². The second-order valence-electron chi connectivity index (χ2n) is 7.68. The summed E-state index contributed by atoms with van der Waals surface area (Å²) in [6, 6.07) is 24.7. The molecule has 0 aliphatic rings. The van der Waals surface area contributed by atoms with E-state index in [2.05, 4.69) is 37.6 Å². The van der Waals surface area contributed by atoms with E-state index < -0.39 is 0 Å². The van der Waals surface area contributed by atoms with Crippen molar-refractivity contribution in [3.63, 3.8) is 0 Å². The van der Waals surface area contributed by atoms with Gasteiger partial charge in [-0.25, -0.2) is 0 Å². The largest absolute Gasteiger partial charge is 0.358 e. The van der Waals surface area contributed by atoms with Crippen molar-refractivity contribution < 1.29 is 9.59 Å². The number of fused-ring (bicyclic) bond motifs is 1. The molecular formula is C27H24BrN3O2. The third kappa shape index (κ3) is 5.41. The molecule has 0 saturated carbocycles. The number of nitrogens with one attached hydrogen (secondary N) is 3. The smallest absolute Gasteiger partial charge is 0.267 e. The number of rotatable bonds is 7. The SMILES string of the molecule is Cc1[nH]c2ccccc2c1CCNC(=O)C(=Cc1ccccc1)NC(=O)c1ccccc1Br. The van der Waals surface area contributed by atoms with Crippen LogP contribution in [0.5, 0.6) is 0 Å². The quantitative estimate of drug-likeness (QED) is 0.298. The van der Waals surface area contributed by atoms with Crippen molar-refractivity contribution in [3.8, 4) is 0 Å². The minimum absolute atomic E-state index is 0.192. The average Bonchev–Trinajstić information content (AvgIpc) is 3.14. The molecule has 33 heavy (non-hydrogen) atoms. The van der Waals surface area contributed by atoms with Gasteiger partial charge in [0.1, 0.15) is 5.70 Å². The summed E-state index contributed by atoms with van der Waals surface area (Å²) in [5.74, 6) is -0.691. The van der Waals surface area contributed by atoms with E-state index in [1.54, 1.807) is 24.3 Å². The van der Waals surface area contributed by atoms with Crippen molar-refractivity contribution in [2.45, 2.75) is 13.3 Å². The number of hydrogen-bond acceptors (Lipinski definition) is 2. The van der Waals surface area contributed by atoms with Crippen molar-refractivity contribution in [2.24, 2.45) is 0 Å². The first-order valence-electron chi connectivity index (χ1n) is 10.7. The van der Waals surface area contributed by atoms with Gasteiger partial charge in [-0.1, -0.05) is 60.7 Å². The summed E-state index contributed by atoms with van der Waals surface area (Å²) in [4.78, 5) is 29.3. The van der Waals surface area contributed by atoms with Crippen LogP contribution in [0.25, 0.3) is 17.0 Å². The van der Waals surface area contributed by atoms with E-state index in [0.717, 1.165) is 22.2 Å². The molecule has 4 rings (SSSR count). The Bertz CT molecular complexity index is 1330. The molecule has 0 bridgehead atoms. The van der Waals surface area contributed by atoms with E-state index in [1.165, 1.54) is 5.56 Å². The number of para-hydroxylation sites is 1. The lowest BCUT2D eigenvalue weighted by Crippen LogP contribution is -2.36. The number of aromatic amines is 1. The molecule has 0 aliphatic carbocycles. The second kappa shape index (κ2) is 10.3. The molecule has 6 heteroatoms. The zero-order valence-corrected chi connectivity index (χ0v) is 19.8. The molecule has 3 N–H and O–H groups in total.